The van der Waals surface area contributed by atoms with Crippen LogP contribution in [0, 0.1) is 5.92 Å². The van der Waals surface area contributed by atoms with Gasteiger partial charge >= 0.3 is 18.0 Å². The van der Waals surface area contributed by atoms with Crippen molar-refractivity contribution in [1.82, 2.24) is 20.9 Å². The minimum atomic E-state index is -1.27. The molecule has 29 heavy (non-hydrogen) atoms. The van der Waals surface area contributed by atoms with Gasteiger partial charge in [-0.3, -0.25) is 24.6 Å². The first-order chi connectivity index (χ1) is 13.4. The highest BCUT2D eigenvalue weighted by Crippen LogP contribution is 2.38. The fraction of sp³-hybridized carbons (Fsp3) is 0.737. The number of amides is 6. The Bertz CT molecular complexity index is 716. The van der Waals surface area contributed by atoms with Gasteiger partial charge in [0.2, 0.25) is 0 Å². The second kappa shape index (κ2) is 8.38. The molecule has 1 saturated heterocycles. The highest BCUT2D eigenvalue weighted by Gasteiger charge is 2.55. The number of urea groups is 2. The van der Waals surface area contributed by atoms with Crippen molar-refractivity contribution in [3.8, 4) is 0 Å². The predicted octanol–water partition coefficient (Wildman–Crippen LogP) is 1.04. The van der Waals surface area contributed by atoms with Gasteiger partial charge in [-0.15, -0.1) is 0 Å². The maximum absolute atomic E-state index is 12.8. The summed E-state index contributed by atoms with van der Waals surface area (Å²) in [5, 5.41) is 7.37. The zero-order valence-electron chi connectivity index (χ0n) is 17.6. The average Bonchev–Trinajstić information content (AvgIpc) is 2.80. The summed E-state index contributed by atoms with van der Waals surface area (Å²) in [6.45, 7) is 7.86. The Morgan fingerprint density at radius 3 is 2.52 bits per heavy atom. The number of hydrogen-bond donors (Lipinski definition) is 3. The van der Waals surface area contributed by atoms with Crippen molar-refractivity contribution in [2.24, 2.45) is 5.92 Å². The molecule has 3 atom stereocenters. The molecule has 2 fully saturated rings. The lowest BCUT2D eigenvalue weighted by Gasteiger charge is -2.36. The van der Waals surface area contributed by atoms with Crippen LogP contribution in [0.25, 0.3) is 0 Å². The van der Waals surface area contributed by atoms with Gasteiger partial charge in [-0.25, -0.2) is 9.59 Å². The molecule has 1 aliphatic heterocycles. The van der Waals surface area contributed by atoms with Crippen LogP contribution in [0.15, 0.2) is 0 Å². The number of imide groups is 2. The van der Waals surface area contributed by atoms with Gasteiger partial charge in [0.1, 0.15) is 12.1 Å². The van der Waals surface area contributed by atoms with E-state index in [1.807, 2.05) is 6.92 Å². The lowest BCUT2D eigenvalue weighted by molar-refractivity contribution is -0.156. The summed E-state index contributed by atoms with van der Waals surface area (Å²) in [5.41, 5.74) is -1.51. The van der Waals surface area contributed by atoms with E-state index >= 15 is 0 Å². The maximum Gasteiger partial charge on any atom is 0.327 e. The number of nitrogens with zero attached hydrogens (tertiary/aromatic N) is 1. The molecule has 6 amide bonds. The topological polar surface area (TPSA) is 134 Å². The molecular weight excluding hydrogens is 380 g/mol. The molecule has 10 heteroatoms. The zero-order valence-corrected chi connectivity index (χ0v) is 17.6. The number of rotatable bonds is 4. The van der Waals surface area contributed by atoms with E-state index in [4.69, 9.17) is 4.74 Å². The fourth-order valence-electron chi connectivity index (χ4n) is 3.64. The van der Waals surface area contributed by atoms with Gasteiger partial charge < -0.3 is 15.4 Å². The van der Waals surface area contributed by atoms with E-state index in [1.165, 1.54) is 6.92 Å². The Balaban J connectivity index is 1.91. The Labute approximate surface area is 170 Å². The largest absolute Gasteiger partial charge is 0.451 e. The molecule has 10 nitrogen and oxygen atoms in total. The quantitative estimate of drug-likeness (QED) is 0.468. The molecule has 1 heterocycles. The summed E-state index contributed by atoms with van der Waals surface area (Å²) in [5.74, 6) is -2.18. The predicted molar refractivity (Wildman–Crippen MR) is 103 cm³/mol. The molecule has 2 rings (SSSR count). The van der Waals surface area contributed by atoms with Gasteiger partial charge in [0.25, 0.3) is 11.8 Å². The third-order valence-corrected chi connectivity index (χ3v) is 5.19. The summed E-state index contributed by atoms with van der Waals surface area (Å²) >= 11 is 0. The molecule has 162 valence electrons. The van der Waals surface area contributed by atoms with Crippen molar-refractivity contribution < 1.29 is 28.7 Å². The lowest BCUT2D eigenvalue weighted by atomic mass is 9.73. The van der Waals surface area contributed by atoms with Crippen molar-refractivity contribution in [2.45, 2.75) is 77.5 Å². The molecule has 0 bridgehead atoms. The molecule has 0 aromatic rings. The molecule has 2 aliphatic rings. The van der Waals surface area contributed by atoms with Crippen LogP contribution in [-0.2, 0) is 19.1 Å². The van der Waals surface area contributed by atoms with Gasteiger partial charge in [0.05, 0.1) is 0 Å². The van der Waals surface area contributed by atoms with Crippen LogP contribution in [0.4, 0.5) is 9.59 Å². The first-order valence-corrected chi connectivity index (χ1v) is 9.82. The van der Waals surface area contributed by atoms with E-state index in [1.54, 1.807) is 20.8 Å². The van der Waals surface area contributed by atoms with Crippen LogP contribution in [0.3, 0.4) is 0 Å². The van der Waals surface area contributed by atoms with E-state index in [9.17, 15) is 24.0 Å². The fourth-order valence-corrected chi connectivity index (χ4v) is 3.64. The normalized spacial score (nSPS) is 25.4. The number of carbonyl (C=O) groups excluding carboxylic acids is 5. The molecule has 1 spiro atoms. The number of nitrogens with one attached hydrogen (secondary N) is 3. The van der Waals surface area contributed by atoms with Gasteiger partial charge in [-0.1, -0.05) is 19.8 Å². The Kier molecular flexibility index (Phi) is 6.54. The summed E-state index contributed by atoms with van der Waals surface area (Å²) in [4.78, 5) is 61.9. The van der Waals surface area contributed by atoms with Crippen molar-refractivity contribution in [2.75, 3.05) is 6.54 Å². The molecule has 1 aliphatic carbocycles. The van der Waals surface area contributed by atoms with Crippen molar-refractivity contribution in [1.29, 1.82) is 0 Å². The lowest BCUT2D eigenvalue weighted by Crippen LogP contribution is -2.54. The highest BCUT2D eigenvalue weighted by molar-refractivity contribution is 6.09. The molecule has 0 aromatic heterocycles. The maximum atomic E-state index is 12.8. The number of carbonyl (C=O) groups is 5. The molecule has 0 unspecified atom stereocenters. The summed E-state index contributed by atoms with van der Waals surface area (Å²) in [6, 6.07) is -1.35. The summed E-state index contributed by atoms with van der Waals surface area (Å²) < 4.78 is 5.00. The molecule has 0 aromatic carbocycles. The van der Waals surface area contributed by atoms with E-state index in [0.717, 1.165) is 24.2 Å². The molecule has 1 saturated carbocycles. The van der Waals surface area contributed by atoms with Gasteiger partial charge in [0.15, 0.2) is 6.10 Å². The van der Waals surface area contributed by atoms with Crippen LogP contribution < -0.4 is 16.0 Å². The van der Waals surface area contributed by atoms with E-state index in [0.29, 0.717) is 6.42 Å². The number of esters is 1. The Hall–Kier alpha value is -2.65. The van der Waals surface area contributed by atoms with Crippen LogP contribution >= 0.6 is 0 Å². The van der Waals surface area contributed by atoms with Gasteiger partial charge in [-0.05, 0) is 46.5 Å². The van der Waals surface area contributed by atoms with E-state index in [2.05, 4.69) is 16.0 Å². The molecular formula is C19H30N4O6. The molecule has 3 N–H and O–H groups in total. The van der Waals surface area contributed by atoms with Crippen LogP contribution in [0.5, 0.6) is 0 Å². The van der Waals surface area contributed by atoms with Crippen molar-refractivity contribution in [3.63, 3.8) is 0 Å². The number of hydrogen-bond acceptors (Lipinski definition) is 6. The minimum absolute atomic E-state index is 0.0280. The van der Waals surface area contributed by atoms with Crippen molar-refractivity contribution >= 4 is 29.8 Å². The molecule has 0 radical (unpaired) electrons. The monoisotopic (exact) mass is 410 g/mol. The second-order valence-corrected chi connectivity index (χ2v) is 8.77. The summed E-state index contributed by atoms with van der Waals surface area (Å²) in [7, 11) is 0. The highest BCUT2D eigenvalue weighted by atomic mass is 16.5. The Morgan fingerprint density at radius 1 is 1.28 bits per heavy atom. The van der Waals surface area contributed by atoms with Crippen LogP contribution in [0.1, 0.15) is 60.3 Å². The van der Waals surface area contributed by atoms with E-state index < -0.39 is 53.6 Å². The van der Waals surface area contributed by atoms with Gasteiger partial charge in [-0.2, -0.15) is 0 Å². The average molecular weight is 410 g/mol. The Morgan fingerprint density at radius 2 is 1.93 bits per heavy atom. The smallest absolute Gasteiger partial charge is 0.327 e. The third-order valence-electron chi connectivity index (χ3n) is 5.19. The van der Waals surface area contributed by atoms with Crippen LogP contribution in [0.2, 0.25) is 0 Å². The van der Waals surface area contributed by atoms with Crippen molar-refractivity contribution in [3.05, 3.63) is 0 Å². The second-order valence-electron chi connectivity index (χ2n) is 8.77. The first-order valence-electron chi connectivity index (χ1n) is 9.82. The van der Waals surface area contributed by atoms with E-state index in [-0.39, 0.29) is 5.92 Å². The SMILES string of the molecule is C[C@H](OC(=O)CN1C(=O)N[C@@]2(CCCC[C@@H]2C)C1=O)C(=O)NC(=O)NC(C)(C)C. The standard InChI is InChI=1S/C19H30N4O6/c1-11-8-6-7-9-19(11)15(26)23(17(28)22-19)10-13(24)29-12(2)14(25)20-16(27)21-18(3,4)5/h11-12H,6-10H2,1-5H3,(H,22,28)(H2,20,21,25,27)/t11-,12-,19+/m0/s1. The zero-order chi connectivity index (χ0) is 22.0. The minimum Gasteiger partial charge on any atom is -0.451 e. The van der Waals surface area contributed by atoms with Crippen LogP contribution in [-0.4, -0.2) is 58.5 Å². The third kappa shape index (κ3) is 5.24. The number of ether oxygens (including phenoxy) is 1. The summed E-state index contributed by atoms with van der Waals surface area (Å²) in [6.07, 6.45) is 1.90. The van der Waals surface area contributed by atoms with Gasteiger partial charge in [0, 0.05) is 5.54 Å². The first kappa shape index (κ1) is 22.6.